The molecule has 1 saturated heterocycles. The number of rotatable bonds is 6. The van der Waals surface area contributed by atoms with Crippen LogP contribution < -0.4 is 5.73 Å². The molecule has 0 saturated carbocycles. The number of aromatic nitrogens is 4. The van der Waals surface area contributed by atoms with Gasteiger partial charge in [0.25, 0.3) is 0 Å². The minimum absolute atomic E-state index is 0.0590. The van der Waals surface area contributed by atoms with Gasteiger partial charge >= 0.3 is 7.60 Å². The third-order valence-electron chi connectivity index (χ3n) is 4.80. The number of anilines is 1. The highest BCUT2D eigenvalue weighted by Crippen LogP contribution is 2.45. The van der Waals surface area contributed by atoms with Gasteiger partial charge in [-0.25, -0.2) is 15.0 Å². The lowest BCUT2D eigenvalue weighted by Crippen LogP contribution is -2.33. The third-order valence-corrected chi connectivity index (χ3v) is 5.85. The zero-order valence-corrected chi connectivity index (χ0v) is 16.9. The van der Waals surface area contributed by atoms with Gasteiger partial charge in [0.05, 0.1) is 12.9 Å². The molecule has 1 aliphatic rings. The third kappa shape index (κ3) is 4.30. The summed E-state index contributed by atoms with van der Waals surface area (Å²) in [6.07, 6.45) is -1.13. The van der Waals surface area contributed by atoms with E-state index in [2.05, 4.69) is 15.0 Å². The van der Waals surface area contributed by atoms with Gasteiger partial charge in [0.2, 0.25) is 0 Å². The summed E-state index contributed by atoms with van der Waals surface area (Å²) in [5.74, 6) is 1.01. The Bertz CT molecular complexity index is 1170. The summed E-state index contributed by atoms with van der Waals surface area (Å²) in [5.41, 5.74) is 6.69. The van der Waals surface area contributed by atoms with E-state index in [0.717, 1.165) is 5.82 Å². The van der Waals surface area contributed by atoms with Gasteiger partial charge in [-0.05, 0) is 12.1 Å². The highest BCUT2D eigenvalue weighted by molar-refractivity contribution is 7.56. The number of hydrogen-bond donors (Lipinski definition) is 5. The van der Waals surface area contributed by atoms with Crippen molar-refractivity contribution in [2.24, 2.45) is 0 Å². The molecule has 12 nitrogen and oxygen atoms in total. The molecule has 0 bridgehead atoms. The first-order valence-electron chi connectivity index (χ1n) is 9.16. The maximum atomic E-state index is 12.3. The van der Waals surface area contributed by atoms with E-state index in [1.165, 1.54) is 29.4 Å². The van der Waals surface area contributed by atoms with Crippen LogP contribution in [0.25, 0.3) is 17.2 Å². The number of phenolic OH excluding ortho intramolecular Hbond substituents is 1. The van der Waals surface area contributed by atoms with Gasteiger partial charge in [0.15, 0.2) is 17.7 Å². The molecule has 3 aromatic rings. The second-order valence-electron chi connectivity index (χ2n) is 6.86. The van der Waals surface area contributed by atoms with E-state index < -0.39 is 38.7 Å². The molecule has 4 rings (SSSR count). The van der Waals surface area contributed by atoms with E-state index in [0.29, 0.717) is 16.7 Å². The van der Waals surface area contributed by atoms with Crippen molar-refractivity contribution in [1.82, 2.24) is 19.5 Å². The summed E-state index contributed by atoms with van der Waals surface area (Å²) in [6.45, 7) is -0.475. The fraction of sp³-hybridized carbons (Fsp3) is 0.278. The number of imidazole rings is 1. The number of phenols is 1. The van der Waals surface area contributed by atoms with Crippen LogP contribution >= 0.6 is 7.60 Å². The predicted molar refractivity (Wildman–Crippen MR) is 109 cm³/mol. The van der Waals surface area contributed by atoms with Gasteiger partial charge in [-0.3, -0.25) is 9.13 Å². The molecule has 1 aromatic carbocycles. The predicted octanol–water partition coefficient (Wildman–Crippen LogP) is 0.606. The largest absolute Gasteiger partial charge is 0.507 e. The molecule has 0 amide bonds. The number of aliphatic hydroxyl groups excluding tert-OH is 2. The van der Waals surface area contributed by atoms with Crippen LogP contribution in [0.1, 0.15) is 11.8 Å². The van der Waals surface area contributed by atoms with Crippen molar-refractivity contribution >= 4 is 30.7 Å². The Morgan fingerprint density at radius 2 is 2.00 bits per heavy atom. The Hall–Kier alpha value is -2.86. The SMILES string of the molecule is Nc1ncnc2c1ncn2[C@@H]1O[C@H](COP(=O)(O)/C=C/c2ccccc2O)[C@@H](O)[C@H]1O. The zero-order chi connectivity index (χ0) is 22.2. The average Bonchev–Trinajstić information content (AvgIpc) is 3.29. The smallest absolute Gasteiger partial charge is 0.351 e. The molecule has 13 heteroatoms. The Morgan fingerprint density at radius 1 is 1.23 bits per heavy atom. The number of ether oxygens (including phenoxy) is 1. The average molecular weight is 449 g/mol. The summed E-state index contributed by atoms with van der Waals surface area (Å²) in [5, 5.41) is 30.5. The van der Waals surface area contributed by atoms with Gasteiger partial charge in [-0.1, -0.05) is 18.2 Å². The molecule has 6 N–H and O–H groups in total. The van der Waals surface area contributed by atoms with Crippen LogP contribution in [0.15, 0.2) is 42.7 Å². The number of aromatic hydroxyl groups is 1. The fourth-order valence-electron chi connectivity index (χ4n) is 3.18. The summed E-state index contributed by atoms with van der Waals surface area (Å²) in [4.78, 5) is 22.0. The normalized spacial score (nSPS) is 25.9. The van der Waals surface area contributed by atoms with Gasteiger partial charge in [0.1, 0.15) is 35.9 Å². The van der Waals surface area contributed by atoms with Crippen LogP contribution in [0.3, 0.4) is 0 Å². The van der Waals surface area contributed by atoms with E-state index in [1.807, 2.05) is 0 Å². The van der Waals surface area contributed by atoms with Crippen LogP contribution in [0.5, 0.6) is 5.75 Å². The van der Waals surface area contributed by atoms with Crippen LogP contribution in [0.2, 0.25) is 0 Å². The number of nitrogens with two attached hydrogens (primary N) is 1. The molecular formula is C18H20N5O7P. The summed E-state index contributed by atoms with van der Waals surface area (Å²) >= 11 is 0. The molecule has 2 aromatic heterocycles. The molecule has 0 spiro atoms. The minimum atomic E-state index is -4.22. The quantitative estimate of drug-likeness (QED) is 0.332. The maximum absolute atomic E-state index is 12.3. The first-order valence-corrected chi connectivity index (χ1v) is 10.8. The van der Waals surface area contributed by atoms with Crippen molar-refractivity contribution < 1.29 is 34.0 Å². The first kappa shape index (κ1) is 21.4. The Kier molecular flexibility index (Phi) is 5.75. The number of nitrogen functional groups attached to an aromatic ring is 1. The van der Waals surface area contributed by atoms with E-state index in [1.54, 1.807) is 18.2 Å². The lowest BCUT2D eigenvalue weighted by atomic mass is 10.1. The number of nitrogens with zero attached hydrogens (tertiary/aromatic N) is 4. The van der Waals surface area contributed by atoms with Crippen molar-refractivity contribution in [2.45, 2.75) is 24.5 Å². The number of para-hydroxylation sites is 1. The molecule has 0 radical (unpaired) electrons. The van der Waals surface area contributed by atoms with Gasteiger partial charge in [0, 0.05) is 11.4 Å². The lowest BCUT2D eigenvalue weighted by molar-refractivity contribution is -0.0481. The summed E-state index contributed by atoms with van der Waals surface area (Å²) in [6, 6.07) is 6.27. The standard InChI is InChI=1S/C18H20N5O7P/c19-16-13-17(21-8-20-16)23(9-22-13)18-15(26)14(25)12(30-18)7-29-31(27,28)6-5-10-3-1-2-4-11(10)24/h1-6,8-9,12,14-15,18,24-26H,7H2,(H,27,28)(H2,19,20,21)/b6-5+/t12-,14-,15-,18-/m1/s1. The van der Waals surface area contributed by atoms with Crippen molar-refractivity contribution in [3.8, 4) is 5.75 Å². The van der Waals surface area contributed by atoms with Crippen LogP contribution in [-0.2, 0) is 13.8 Å². The maximum Gasteiger partial charge on any atom is 0.351 e. The number of fused-ring (bicyclic) bond motifs is 1. The molecule has 1 unspecified atom stereocenters. The highest BCUT2D eigenvalue weighted by Gasteiger charge is 2.45. The van der Waals surface area contributed by atoms with Gasteiger partial charge < -0.3 is 35.2 Å². The van der Waals surface area contributed by atoms with E-state index >= 15 is 0 Å². The van der Waals surface area contributed by atoms with E-state index in [4.69, 9.17) is 15.0 Å². The molecule has 1 fully saturated rings. The van der Waals surface area contributed by atoms with Crippen LogP contribution in [0.4, 0.5) is 5.82 Å². The van der Waals surface area contributed by atoms with Crippen molar-refractivity contribution in [3.63, 3.8) is 0 Å². The fourth-order valence-corrected chi connectivity index (χ4v) is 3.97. The second-order valence-corrected chi connectivity index (χ2v) is 8.55. The van der Waals surface area contributed by atoms with Crippen LogP contribution in [-0.4, -0.2) is 64.7 Å². The van der Waals surface area contributed by atoms with Gasteiger partial charge in [-0.15, -0.1) is 0 Å². The molecular weight excluding hydrogens is 429 g/mol. The molecule has 164 valence electrons. The highest BCUT2D eigenvalue weighted by atomic mass is 31.2. The minimum Gasteiger partial charge on any atom is -0.507 e. The number of hydrogen-bond acceptors (Lipinski definition) is 10. The number of benzene rings is 1. The van der Waals surface area contributed by atoms with Crippen LogP contribution in [0, 0.1) is 0 Å². The zero-order valence-electron chi connectivity index (χ0n) is 16.0. The molecule has 3 heterocycles. The topological polar surface area (TPSA) is 186 Å². The first-order chi connectivity index (χ1) is 14.8. The summed E-state index contributed by atoms with van der Waals surface area (Å²) in [7, 11) is -4.22. The molecule has 5 atom stereocenters. The molecule has 1 aliphatic heterocycles. The van der Waals surface area contributed by atoms with E-state index in [9.17, 15) is 24.8 Å². The second kappa shape index (κ2) is 8.35. The van der Waals surface area contributed by atoms with Crippen molar-refractivity contribution in [1.29, 1.82) is 0 Å². The van der Waals surface area contributed by atoms with Crippen molar-refractivity contribution in [2.75, 3.05) is 12.3 Å². The molecule has 0 aliphatic carbocycles. The Balaban J connectivity index is 1.45. The Labute approximate surface area is 175 Å². The lowest BCUT2D eigenvalue weighted by Gasteiger charge is -2.16. The summed E-state index contributed by atoms with van der Waals surface area (Å²) < 4.78 is 24.4. The van der Waals surface area contributed by atoms with E-state index in [-0.39, 0.29) is 11.6 Å². The van der Waals surface area contributed by atoms with Crippen molar-refractivity contribution in [3.05, 3.63) is 48.3 Å². The van der Waals surface area contributed by atoms with Gasteiger partial charge in [-0.2, -0.15) is 0 Å². The molecule has 31 heavy (non-hydrogen) atoms. The Morgan fingerprint density at radius 3 is 2.77 bits per heavy atom. The number of aliphatic hydroxyl groups is 2. The monoisotopic (exact) mass is 449 g/mol.